The number of carboxylic acids is 1. The molecule has 1 aromatic heterocycles. The quantitative estimate of drug-likeness (QED) is 0.915. The van der Waals surface area contributed by atoms with E-state index in [-0.39, 0.29) is 24.2 Å². The molecule has 0 unspecified atom stereocenters. The number of likely N-dealkylation sites (tertiary alicyclic amines) is 1. The van der Waals surface area contributed by atoms with Crippen molar-refractivity contribution in [3.63, 3.8) is 0 Å². The predicted molar refractivity (Wildman–Crippen MR) is 91.7 cm³/mol. The Balaban J connectivity index is 1.70. The molecular formula is C19H20FN3O3. The van der Waals surface area contributed by atoms with Gasteiger partial charge in [0.05, 0.1) is 5.92 Å². The summed E-state index contributed by atoms with van der Waals surface area (Å²) >= 11 is 0. The summed E-state index contributed by atoms with van der Waals surface area (Å²) in [6, 6.07) is 6.38. The minimum atomic E-state index is -0.880. The standard InChI is InChI=1S/C19H20FN3O3/c1-11-9-22(10-13(11)19(25)26)18(24)17-12-5-4-8-15(12)23(21-17)16-7-3-2-6-14(16)20/h2-3,6-7,11,13H,4-5,8-10H2,1H3,(H,25,26)/t11-,13-/m1/s1. The van der Waals surface area contributed by atoms with Crippen molar-refractivity contribution in [3.8, 4) is 5.69 Å². The first-order valence-electron chi connectivity index (χ1n) is 8.85. The van der Waals surface area contributed by atoms with E-state index in [1.54, 1.807) is 27.8 Å². The monoisotopic (exact) mass is 357 g/mol. The number of aromatic nitrogens is 2. The van der Waals surface area contributed by atoms with Crippen LogP contribution in [0.15, 0.2) is 24.3 Å². The minimum Gasteiger partial charge on any atom is -0.481 e. The summed E-state index contributed by atoms with van der Waals surface area (Å²) in [5.41, 5.74) is 2.41. The second-order valence-corrected chi connectivity index (χ2v) is 7.12. The van der Waals surface area contributed by atoms with Gasteiger partial charge >= 0.3 is 5.97 Å². The Morgan fingerprint density at radius 3 is 2.69 bits per heavy atom. The first-order chi connectivity index (χ1) is 12.5. The molecule has 1 aromatic carbocycles. The van der Waals surface area contributed by atoms with Crippen LogP contribution in [0.4, 0.5) is 4.39 Å². The molecule has 0 spiro atoms. The summed E-state index contributed by atoms with van der Waals surface area (Å²) in [4.78, 5) is 25.9. The normalized spacial score (nSPS) is 21.8. The molecule has 2 atom stereocenters. The largest absolute Gasteiger partial charge is 0.481 e. The fraction of sp³-hybridized carbons (Fsp3) is 0.421. The summed E-state index contributed by atoms with van der Waals surface area (Å²) in [6.07, 6.45) is 2.38. The van der Waals surface area contributed by atoms with Gasteiger partial charge in [-0.1, -0.05) is 19.1 Å². The average molecular weight is 357 g/mol. The number of amides is 1. The van der Waals surface area contributed by atoms with Gasteiger partial charge in [0.25, 0.3) is 5.91 Å². The zero-order chi connectivity index (χ0) is 18.4. The number of nitrogens with zero attached hydrogens (tertiary/aromatic N) is 3. The lowest BCUT2D eigenvalue weighted by atomic mass is 9.99. The molecule has 6 nitrogen and oxygen atoms in total. The number of carbonyl (C=O) groups excluding carboxylic acids is 1. The fourth-order valence-electron chi connectivity index (χ4n) is 4.04. The van der Waals surface area contributed by atoms with Crippen molar-refractivity contribution < 1.29 is 19.1 Å². The summed E-state index contributed by atoms with van der Waals surface area (Å²) in [5, 5.41) is 13.7. The first-order valence-corrected chi connectivity index (χ1v) is 8.85. The molecule has 0 bridgehead atoms. The van der Waals surface area contributed by atoms with E-state index in [1.165, 1.54) is 6.07 Å². The molecule has 0 radical (unpaired) electrons. The number of para-hydroxylation sites is 1. The summed E-state index contributed by atoms with van der Waals surface area (Å²) < 4.78 is 15.8. The predicted octanol–water partition coefficient (Wildman–Crippen LogP) is 2.29. The van der Waals surface area contributed by atoms with E-state index in [0.29, 0.717) is 17.9 Å². The Morgan fingerprint density at radius 1 is 1.23 bits per heavy atom. The molecule has 2 heterocycles. The number of aliphatic carboxylic acids is 1. The zero-order valence-corrected chi connectivity index (χ0v) is 14.5. The number of benzene rings is 1. The SMILES string of the molecule is C[C@@H]1CN(C(=O)c2nn(-c3ccccc3F)c3c2CCC3)C[C@H]1C(=O)O. The third kappa shape index (κ3) is 2.58. The Hall–Kier alpha value is -2.70. The van der Waals surface area contributed by atoms with Crippen LogP contribution in [0.5, 0.6) is 0 Å². The van der Waals surface area contributed by atoms with Crippen molar-refractivity contribution >= 4 is 11.9 Å². The van der Waals surface area contributed by atoms with Gasteiger partial charge in [0, 0.05) is 24.3 Å². The van der Waals surface area contributed by atoms with E-state index in [4.69, 9.17) is 0 Å². The summed E-state index contributed by atoms with van der Waals surface area (Å²) in [5.74, 6) is -2.17. The van der Waals surface area contributed by atoms with Crippen molar-refractivity contribution in [2.24, 2.45) is 11.8 Å². The van der Waals surface area contributed by atoms with Gasteiger partial charge in [-0.05, 0) is 37.3 Å². The van der Waals surface area contributed by atoms with Crippen molar-refractivity contribution in [2.75, 3.05) is 13.1 Å². The molecule has 1 fully saturated rings. The van der Waals surface area contributed by atoms with Crippen LogP contribution in [0.2, 0.25) is 0 Å². The highest BCUT2D eigenvalue weighted by Gasteiger charge is 2.39. The summed E-state index contributed by atoms with van der Waals surface area (Å²) in [6.45, 7) is 2.43. The van der Waals surface area contributed by atoms with Gasteiger partial charge in [-0.3, -0.25) is 9.59 Å². The van der Waals surface area contributed by atoms with Crippen LogP contribution < -0.4 is 0 Å². The van der Waals surface area contributed by atoms with Gasteiger partial charge in [0.1, 0.15) is 11.5 Å². The van der Waals surface area contributed by atoms with Crippen LogP contribution in [0.25, 0.3) is 5.69 Å². The highest BCUT2D eigenvalue weighted by molar-refractivity contribution is 5.95. The van der Waals surface area contributed by atoms with Crippen LogP contribution in [-0.2, 0) is 17.6 Å². The number of rotatable bonds is 3. The molecule has 136 valence electrons. The van der Waals surface area contributed by atoms with Crippen molar-refractivity contribution in [1.82, 2.24) is 14.7 Å². The van der Waals surface area contributed by atoms with Crippen molar-refractivity contribution in [1.29, 1.82) is 0 Å². The second-order valence-electron chi connectivity index (χ2n) is 7.12. The number of carboxylic acid groups (broad SMARTS) is 1. The molecular weight excluding hydrogens is 337 g/mol. The smallest absolute Gasteiger partial charge is 0.308 e. The molecule has 1 saturated heterocycles. The van der Waals surface area contributed by atoms with E-state index >= 15 is 0 Å². The van der Waals surface area contributed by atoms with Crippen LogP contribution in [-0.4, -0.2) is 44.8 Å². The Bertz CT molecular complexity index is 892. The highest BCUT2D eigenvalue weighted by atomic mass is 19.1. The molecule has 1 N–H and O–H groups in total. The molecule has 2 aliphatic rings. The van der Waals surface area contributed by atoms with Crippen molar-refractivity contribution in [3.05, 3.63) is 47.0 Å². The molecule has 26 heavy (non-hydrogen) atoms. The lowest BCUT2D eigenvalue weighted by molar-refractivity contribution is -0.142. The summed E-state index contributed by atoms with van der Waals surface area (Å²) in [7, 11) is 0. The maximum absolute atomic E-state index is 14.2. The van der Waals surface area contributed by atoms with E-state index < -0.39 is 11.9 Å². The Morgan fingerprint density at radius 2 is 2.00 bits per heavy atom. The van der Waals surface area contributed by atoms with Gasteiger partial charge in [-0.25, -0.2) is 9.07 Å². The van der Waals surface area contributed by atoms with E-state index in [0.717, 1.165) is 30.5 Å². The molecule has 1 amide bonds. The topological polar surface area (TPSA) is 75.4 Å². The van der Waals surface area contributed by atoms with Gasteiger partial charge in [0.2, 0.25) is 0 Å². The molecule has 4 rings (SSSR count). The lowest BCUT2D eigenvalue weighted by Gasteiger charge is -2.15. The average Bonchev–Trinajstić information content (AvgIpc) is 3.29. The van der Waals surface area contributed by atoms with E-state index in [2.05, 4.69) is 5.10 Å². The zero-order valence-electron chi connectivity index (χ0n) is 14.5. The number of halogens is 1. The lowest BCUT2D eigenvalue weighted by Crippen LogP contribution is -2.31. The van der Waals surface area contributed by atoms with Crippen LogP contribution in [0.3, 0.4) is 0 Å². The maximum Gasteiger partial charge on any atom is 0.308 e. The number of hydrogen-bond acceptors (Lipinski definition) is 3. The third-order valence-electron chi connectivity index (χ3n) is 5.43. The van der Waals surface area contributed by atoms with Crippen molar-refractivity contribution in [2.45, 2.75) is 26.2 Å². The molecule has 1 aliphatic carbocycles. The fourth-order valence-corrected chi connectivity index (χ4v) is 4.04. The number of carbonyl (C=O) groups is 2. The molecule has 1 aliphatic heterocycles. The Kier molecular flexibility index (Phi) is 4.01. The van der Waals surface area contributed by atoms with Gasteiger partial charge in [-0.2, -0.15) is 5.10 Å². The Labute approximate surface area is 150 Å². The minimum absolute atomic E-state index is 0.0989. The first kappa shape index (κ1) is 16.8. The van der Waals surface area contributed by atoms with Crippen LogP contribution >= 0.6 is 0 Å². The van der Waals surface area contributed by atoms with Gasteiger partial charge < -0.3 is 10.0 Å². The van der Waals surface area contributed by atoms with Gasteiger partial charge in [0.15, 0.2) is 5.69 Å². The molecule has 0 saturated carbocycles. The van der Waals surface area contributed by atoms with Crippen LogP contribution in [0, 0.1) is 17.7 Å². The molecule has 2 aromatic rings. The second kappa shape index (κ2) is 6.23. The van der Waals surface area contributed by atoms with Gasteiger partial charge in [-0.15, -0.1) is 0 Å². The molecule has 7 heteroatoms. The maximum atomic E-state index is 14.2. The van der Waals surface area contributed by atoms with Crippen LogP contribution in [0.1, 0.15) is 35.1 Å². The van der Waals surface area contributed by atoms with E-state index in [9.17, 15) is 19.1 Å². The number of fused-ring (bicyclic) bond motifs is 1. The highest BCUT2D eigenvalue weighted by Crippen LogP contribution is 2.31. The third-order valence-corrected chi connectivity index (χ3v) is 5.43. The number of hydrogen-bond donors (Lipinski definition) is 1. The van der Waals surface area contributed by atoms with E-state index in [1.807, 2.05) is 6.92 Å².